The van der Waals surface area contributed by atoms with E-state index in [9.17, 15) is 9.59 Å². The quantitative estimate of drug-likeness (QED) is 0.242. The molecular weight excluding hydrogens is 530 g/mol. The summed E-state index contributed by atoms with van der Waals surface area (Å²) in [6.45, 7) is 6.75. The summed E-state index contributed by atoms with van der Waals surface area (Å²) in [5, 5.41) is 13.2. The highest BCUT2D eigenvalue weighted by Crippen LogP contribution is 2.32. The van der Waals surface area contributed by atoms with Gasteiger partial charge < -0.3 is 30.9 Å². The normalized spacial score (nSPS) is 17.0. The number of aromatic amines is 1. The van der Waals surface area contributed by atoms with Crippen LogP contribution in [0.2, 0.25) is 0 Å². The number of benzene rings is 2. The molecule has 10 nitrogen and oxygen atoms in total. The van der Waals surface area contributed by atoms with Crippen LogP contribution in [0, 0.1) is 0 Å². The zero-order valence-corrected chi connectivity index (χ0v) is 24.6. The number of piperidine rings is 1. The minimum Gasteiger partial charge on any atom is -0.478 e. The van der Waals surface area contributed by atoms with Crippen molar-refractivity contribution in [1.29, 1.82) is 0 Å². The van der Waals surface area contributed by atoms with E-state index >= 15 is 0 Å². The van der Waals surface area contributed by atoms with Gasteiger partial charge >= 0.3 is 6.03 Å². The van der Waals surface area contributed by atoms with Gasteiger partial charge in [0, 0.05) is 61.8 Å². The van der Waals surface area contributed by atoms with Gasteiger partial charge in [-0.1, -0.05) is 30.3 Å². The summed E-state index contributed by atoms with van der Waals surface area (Å²) in [5.41, 5.74) is 8.75. The van der Waals surface area contributed by atoms with Crippen molar-refractivity contribution in [1.82, 2.24) is 25.7 Å². The molecule has 1 saturated heterocycles. The Kier molecular flexibility index (Phi) is 9.31. The lowest BCUT2D eigenvalue weighted by Gasteiger charge is -2.36. The number of carbonyl (C=O) groups is 2. The number of rotatable bonds is 12. The molecule has 1 saturated carbocycles. The molecule has 0 radical (unpaired) electrons. The molecule has 2 aromatic carbocycles. The molecule has 0 bridgehead atoms. The molecule has 10 heteroatoms. The summed E-state index contributed by atoms with van der Waals surface area (Å²) in [7, 11) is 0. The largest absolute Gasteiger partial charge is 0.478 e. The van der Waals surface area contributed by atoms with Crippen LogP contribution in [0.3, 0.4) is 0 Å². The fraction of sp³-hybridized carbons (Fsp3) is 0.469. The van der Waals surface area contributed by atoms with Crippen molar-refractivity contribution in [3.8, 4) is 16.9 Å². The summed E-state index contributed by atoms with van der Waals surface area (Å²) in [6.07, 6.45) is 8.39. The maximum atomic E-state index is 13.6. The van der Waals surface area contributed by atoms with Crippen LogP contribution < -0.4 is 26.0 Å². The first-order chi connectivity index (χ1) is 20.3. The predicted octanol–water partition coefficient (Wildman–Crippen LogP) is 4.04. The number of hydrogen-bond donors (Lipinski definition) is 4. The third kappa shape index (κ3) is 7.42. The molecule has 3 amide bonds. The Morgan fingerprint density at radius 2 is 2.00 bits per heavy atom. The molecule has 224 valence electrons. The smallest absolute Gasteiger partial charge is 0.318 e. The van der Waals surface area contributed by atoms with Crippen LogP contribution >= 0.6 is 0 Å². The van der Waals surface area contributed by atoms with Gasteiger partial charge in [-0.3, -0.25) is 9.89 Å². The van der Waals surface area contributed by atoms with Gasteiger partial charge in [0.25, 0.3) is 5.91 Å². The van der Waals surface area contributed by atoms with Crippen molar-refractivity contribution < 1.29 is 14.3 Å². The van der Waals surface area contributed by atoms with E-state index in [0.717, 1.165) is 61.0 Å². The first-order valence-electron chi connectivity index (χ1n) is 15.0. The van der Waals surface area contributed by atoms with Gasteiger partial charge in [-0.2, -0.15) is 5.10 Å². The number of ether oxygens (including phenoxy) is 1. The Labute approximate surface area is 248 Å². The highest BCUT2D eigenvalue weighted by atomic mass is 16.5. The number of nitrogens with zero attached hydrogens (tertiary/aromatic N) is 3. The van der Waals surface area contributed by atoms with Crippen LogP contribution in [-0.2, 0) is 11.3 Å². The van der Waals surface area contributed by atoms with E-state index in [-0.39, 0.29) is 24.0 Å². The van der Waals surface area contributed by atoms with Crippen molar-refractivity contribution in [3.63, 3.8) is 0 Å². The monoisotopic (exact) mass is 573 g/mol. The number of carbonyl (C=O) groups excluding carboxylic acids is 2. The Morgan fingerprint density at radius 1 is 1.17 bits per heavy atom. The molecule has 42 heavy (non-hydrogen) atoms. The molecule has 2 heterocycles. The lowest BCUT2D eigenvalue weighted by atomic mass is 10.0. The molecule has 2 aliphatic rings. The molecule has 2 fully saturated rings. The molecule has 5 N–H and O–H groups in total. The maximum absolute atomic E-state index is 13.6. The molecule has 1 aliphatic carbocycles. The van der Waals surface area contributed by atoms with E-state index < -0.39 is 5.60 Å². The minimum absolute atomic E-state index is 0.00849. The summed E-state index contributed by atoms with van der Waals surface area (Å²) in [4.78, 5) is 30.5. The van der Waals surface area contributed by atoms with E-state index in [2.05, 4.69) is 43.9 Å². The van der Waals surface area contributed by atoms with E-state index in [1.165, 1.54) is 0 Å². The van der Waals surface area contributed by atoms with Gasteiger partial charge in [0.15, 0.2) is 5.60 Å². The fourth-order valence-electron chi connectivity index (χ4n) is 5.46. The lowest BCUT2D eigenvalue weighted by molar-refractivity contribution is -0.134. The number of urea groups is 1. The second-order valence-electron chi connectivity index (χ2n) is 11.7. The average molecular weight is 574 g/mol. The summed E-state index contributed by atoms with van der Waals surface area (Å²) in [5.74, 6) is 0.462. The van der Waals surface area contributed by atoms with E-state index in [1.54, 1.807) is 13.8 Å². The SMILES string of the molecule is CC(C)(Oc1cccc(N2CCC[C@@H](NC(=O)N(Cc3ccccc3-c3cn[nH]c3)C3CC3)C2)c1)C(=O)NCCCN. The molecule has 5 rings (SSSR count). The number of aromatic nitrogens is 2. The first-order valence-corrected chi connectivity index (χ1v) is 15.0. The topological polar surface area (TPSA) is 129 Å². The Hall–Kier alpha value is -4.05. The average Bonchev–Trinajstić information content (AvgIpc) is 3.68. The molecule has 0 unspecified atom stereocenters. The van der Waals surface area contributed by atoms with Crippen LogP contribution in [0.25, 0.3) is 11.1 Å². The van der Waals surface area contributed by atoms with Gasteiger partial charge in [0.2, 0.25) is 0 Å². The predicted molar refractivity (Wildman–Crippen MR) is 164 cm³/mol. The molecule has 1 atom stereocenters. The third-order valence-corrected chi connectivity index (χ3v) is 7.93. The van der Waals surface area contributed by atoms with Gasteiger partial charge in [-0.25, -0.2) is 4.79 Å². The van der Waals surface area contributed by atoms with Crippen molar-refractivity contribution in [2.45, 2.75) is 70.2 Å². The summed E-state index contributed by atoms with van der Waals surface area (Å²) < 4.78 is 6.12. The molecule has 1 aliphatic heterocycles. The van der Waals surface area contributed by atoms with Gasteiger partial charge in [0.1, 0.15) is 5.75 Å². The fourth-order valence-corrected chi connectivity index (χ4v) is 5.46. The molecule has 0 spiro atoms. The number of anilines is 1. The Balaban J connectivity index is 1.21. The maximum Gasteiger partial charge on any atom is 0.318 e. The van der Waals surface area contributed by atoms with Crippen LogP contribution in [0.15, 0.2) is 60.9 Å². The van der Waals surface area contributed by atoms with Gasteiger partial charge in [0.05, 0.1) is 6.20 Å². The third-order valence-electron chi connectivity index (χ3n) is 7.93. The van der Waals surface area contributed by atoms with Crippen molar-refractivity contribution >= 4 is 17.6 Å². The highest BCUT2D eigenvalue weighted by molar-refractivity contribution is 5.84. The first kappa shape index (κ1) is 29.4. The van der Waals surface area contributed by atoms with E-state index in [0.29, 0.717) is 31.9 Å². The van der Waals surface area contributed by atoms with E-state index in [1.807, 2.05) is 47.6 Å². The highest BCUT2D eigenvalue weighted by Gasteiger charge is 2.35. The minimum atomic E-state index is -1.02. The summed E-state index contributed by atoms with van der Waals surface area (Å²) in [6, 6.07) is 16.3. The van der Waals surface area contributed by atoms with Crippen molar-refractivity contribution in [2.24, 2.45) is 5.73 Å². The Morgan fingerprint density at radius 3 is 2.76 bits per heavy atom. The molecular formula is C32H43N7O3. The van der Waals surface area contributed by atoms with Crippen molar-refractivity contribution in [3.05, 3.63) is 66.5 Å². The van der Waals surface area contributed by atoms with E-state index in [4.69, 9.17) is 10.5 Å². The van der Waals surface area contributed by atoms with Crippen LogP contribution in [0.5, 0.6) is 5.75 Å². The van der Waals surface area contributed by atoms with Crippen LogP contribution in [0.4, 0.5) is 10.5 Å². The number of nitrogens with two attached hydrogens (primary N) is 1. The van der Waals surface area contributed by atoms with Crippen LogP contribution in [-0.4, -0.2) is 70.9 Å². The molecule has 3 aromatic rings. The second kappa shape index (κ2) is 13.3. The number of nitrogens with one attached hydrogen (secondary N) is 3. The second-order valence-corrected chi connectivity index (χ2v) is 11.7. The zero-order valence-electron chi connectivity index (χ0n) is 24.6. The standard InChI is InChI=1S/C32H43N7O3/c1-32(2,30(40)34-16-7-15-33)42-28-11-5-10-27(18-28)38-17-6-9-25(22-38)37-31(41)39(26-13-14-26)21-23-8-3-4-12-29(23)24-19-35-36-20-24/h3-5,8,10-12,18-20,25-26H,6-7,9,13-17,21-22,33H2,1-2H3,(H,34,40)(H,35,36)(H,37,41)/t25-/m1/s1. The van der Waals surface area contributed by atoms with Gasteiger partial charge in [-0.15, -0.1) is 0 Å². The lowest BCUT2D eigenvalue weighted by Crippen LogP contribution is -2.52. The van der Waals surface area contributed by atoms with Crippen molar-refractivity contribution in [2.75, 3.05) is 31.1 Å². The number of amides is 3. The summed E-state index contributed by atoms with van der Waals surface area (Å²) >= 11 is 0. The Bertz CT molecular complexity index is 1340. The van der Waals surface area contributed by atoms with Crippen LogP contribution in [0.1, 0.15) is 51.5 Å². The zero-order chi connectivity index (χ0) is 29.5. The number of hydrogen-bond acceptors (Lipinski definition) is 6. The number of H-pyrrole nitrogens is 1. The van der Waals surface area contributed by atoms with Gasteiger partial charge in [-0.05, 0) is 75.8 Å². The molecule has 1 aromatic heterocycles.